The number of fused-ring (bicyclic) bond motifs is 1. The summed E-state index contributed by atoms with van der Waals surface area (Å²) in [6.07, 6.45) is 1.39. The van der Waals surface area contributed by atoms with Crippen molar-refractivity contribution in [1.82, 2.24) is 9.80 Å². The number of amides is 2. The number of likely N-dealkylation sites (tertiary alicyclic amines) is 1. The zero-order valence-electron chi connectivity index (χ0n) is 13.9. The molecule has 3 fully saturated rings. The van der Waals surface area contributed by atoms with E-state index in [0.29, 0.717) is 25.3 Å². The van der Waals surface area contributed by atoms with Crippen LogP contribution in [0.5, 0.6) is 0 Å². The Bertz CT molecular complexity index is 667. The molecule has 0 bridgehead atoms. The number of benzene rings is 1. The molecular weight excluding hydrogens is 322 g/mol. The average molecular weight is 345 g/mol. The number of hydrogen-bond donors (Lipinski definition) is 1. The maximum Gasteiger partial charge on any atom is 0.246 e. The zero-order chi connectivity index (χ0) is 16.9. The smallest absolute Gasteiger partial charge is 0.246 e. The van der Waals surface area contributed by atoms with Gasteiger partial charge in [0.15, 0.2) is 0 Å². The van der Waals surface area contributed by atoms with Gasteiger partial charge in [-0.25, -0.2) is 0 Å². The summed E-state index contributed by atoms with van der Waals surface area (Å²) in [6.45, 7) is 3.29. The van der Waals surface area contributed by atoms with Gasteiger partial charge in [-0.05, 0) is 18.9 Å². The van der Waals surface area contributed by atoms with E-state index in [-0.39, 0.29) is 34.7 Å². The number of hydrogen-bond acceptors (Lipinski definition) is 4. The second kappa shape index (κ2) is 5.77. The van der Waals surface area contributed by atoms with E-state index >= 15 is 0 Å². The SMILES string of the molecule is CC12CCC(=O)N1C(C(=O)N1C[C@@H](N)[C@H](c3ccccc3)C1)CS2. The minimum Gasteiger partial charge on any atom is -0.339 e. The topological polar surface area (TPSA) is 66.6 Å². The van der Waals surface area contributed by atoms with Crippen molar-refractivity contribution in [2.75, 3.05) is 18.8 Å². The highest BCUT2D eigenvalue weighted by molar-refractivity contribution is 8.01. The number of thioether (sulfide) groups is 1. The molecule has 1 aromatic rings. The molecule has 0 spiro atoms. The highest BCUT2D eigenvalue weighted by Crippen LogP contribution is 2.47. The van der Waals surface area contributed by atoms with Crippen molar-refractivity contribution in [3.8, 4) is 0 Å². The minimum atomic E-state index is -0.322. The van der Waals surface area contributed by atoms with Crippen LogP contribution in [0.2, 0.25) is 0 Å². The van der Waals surface area contributed by atoms with E-state index in [0.717, 1.165) is 6.42 Å². The van der Waals surface area contributed by atoms with E-state index in [9.17, 15) is 9.59 Å². The van der Waals surface area contributed by atoms with E-state index < -0.39 is 0 Å². The first-order valence-electron chi connectivity index (χ1n) is 8.55. The molecule has 2 amide bonds. The molecule has 3 saturated heterocycles. The van der Waals surface area contributed by atoms with Crippen molar-refractivity contribution >= 4 is 23.6 Å². The number of rotatable bonds is 2. The first kappa shape index (κ1) is 16.0. The lowest BCUT2D eigenvalue weighted by molar-refractivity contribution is -0.143. The Morgan fingerprint density at radius 3 is 2.79 bits per heavy atom. The molecule has 4 atom stereocenters. The summed E-state index contributed by atoms with van der Waals surface area (Å²) in [5.74, 6) is 1.05. The molecule has 3 heterocycles. The standard InChI is InChI=1S/C18H23N3O2S/c1-18-8-7-16(22)21(18)15(11-24-18)17(23)20-9-13(14(19)10-20)12-5-3-2-4-6-12/h2-6,13-15H,7-11,19H2,1H3/t13-,14+,15?,18?/m0/s1. The Hall–Kier alpha value is -1.53. The largest absolute Gasteiger partial charge is 0.339 e. The molecule has 2 N–H and O–H groups in total. The van der Waals surface area contributed by atoms with Crippen LogP contribution in [-0.4, -0.2) is 57.4 Å². The second-order valence-electron chi connectivity index (χ2n) is 7.19. The van der Waals surface area contributed by atoms with Gasteiger partial charge in [0.1, 0.15) is 6.04 Å². The van der Waals surface area contributed by atoms with Gasteiger partial charge in [-0.1, -0.05) is 30.3 Å². The average Bonchev–Trinajstić information content (AvgIpc) is 3.22. The number of carbonyl (C=O) groups excluding carboxylic acids is 2. The van der Waals surface area contributed by atoms with Gasteiger partial charge in [-0.3, -0.25) is 9.59 Å². The summed E-state index contributed by atoms with van der Waals surface area (Å²) >= 11 is 1.74. The van der Waals surface area contributed by atoms with Gasteiger partial charge in [0.25, 0.3) is 0 Å². The van der Waals surface area contributed by atoms with Gasteiger partial charge in [0.2, 0.25) is 11.8 Å². The van der Waals surface area contributed by atoms with E-state index in [2.05, 4.69) is 19.1 Å². The normalized spacial score (nSPS) is 35.6. The van der Waals surface area contributed by atoms with Crippen molar-refractivity contribution in [1.29, 1.82) is 0 Å². The molecule has 5 nitrogen and oxygen atoms in total. The summed E-state index contributed by atoms with van der Waals surface area (Å²) in [5, 5.41) is 0. The predicted molar refractivity (Wildman–Crippen MR) is 94.5 cm³/mol. The van der Waals surface area contributed by atoms with Crippen LogP contribution < -0.4 is 5.73 Å². The van der Waals surface area contributed by atoms with Gasteiger partial charge in [0, 0.05) is 37.2 Å². The predicted octanol–water partition coefficient (Wildman–Crippen LogP) is 1.39. The molecule has 3 aliphatic heterocycles. The third kappa shape index (κ3) is 2.43. The maximum atomic E-state index is 13.1. The van der Waals surface area contributed by atoms with E-state index in [1.165, 1.54) is 5.56 Å². The number of nitrogens with zero attached hydrogens (tertiary/aromatic N) is 2. The van der Waals surface area contributed by atoms with Crippen LogP contribution in [0, 0.1) is 0 Å². The molecular formula is C18H23N3O2S. The van der Waals surface area contributed by atoms with Crippen molar-refractivity contribution in [2.24, 2.45) is 5.73 Å². The lowest BCUT2D eigenvalue weighted by atomic mass is 9.95. The van der Waals surface area contributed by atoms with Crippen LogP contribution in [0.25, 0.3) is 0 Å². The molecule has 2 unspecified atom stereocenters. The first-order valence-corrected chi connectivity index (χ1v) is 9.53. The summed E-state index contributed by atoms with van der Waals surface area (Å²) in [4.78, 5) is 28.8. The highest BCUT2D eigenvalue weighted by Gasteiger charge is 2.54. The highest BCUT2D eigenvalue weighted by atomic mass is 32.2. The van der Waals surface area contributed by atoms with Crippen LogP contribution in [0.15, 0.2) is 30.3 Å². The lowest BCUT2D eigenvalue weighted by Crippen LogP contribution is -2.51. The molecule has 0 radical (unpaired) electrons. The molecule has 128 valence electrons. The van der Waals surface area contributed by atoms with Crippen LogP contribution in [0.1, 0.15) is 31.2 Å². The molecule has 0 aliphatic carbocycles. The monoisotopic (exact) mass is 345 g/mol. The van der Waals surface area contributed by atoms with E-state index in [1.807, 2.05) is 28.0 Å². The Morgan fingerprint density at radius 1 is 1.29 bits per heavy atom. The summed E-state index contributed by atoms with van der Waals surface area (Å²) in [7, 11) is 0. The number of nitrogens with two attached hydrogens (primary N) is 1. The zero-order valence-corrected chi connectivity index (χ0v) is 14.7. The third-order valence-corrected chi connectivity index (χ3v) is 7.14. The van der Waals surface area contributed by atoms with Crippen LogP contribution >= 0.6 is 11.8 Å². The summed E-state index contributed by atoms with van der Waals surface area (Å²) < 4.78 is 0. The molecule has 4 rings (SSSR count). The number of carbonyl (C=O) groups is 2. The van der Waals surface area contributed by atoms with E-state index in [4.69, 9.17) is 5.73 Å². The molecule has 0 saturated carbocycles. The fourth-order valence-corrected chi connectivity index (χ4v) is 5.70. The summed E-state index contributed by atoms with van der Waals surface area (Å²) in [6, 6.07) is 9.78. The lowest BCUT2D eigenvalue weighted by Gasteiger charge is -2.31. The molecule has 1 aromatic carbocycles. The van der Waals surface area contributed by atoms with Crippen LogP contribution in [0.4, 0.5) is 0 Å². The van der Waals surface area contributed by atoms with Crippen LogP contribution in [-0.2, 0) is 9.59 Å². The Labute approximate surface area is 146 Å². The van der Waals surface area contributed by atoms with Crippen LogP contribution in [0.3, 0.4) is 0 Å². The van der Waals surface area contributed by atoms with Gasteiger partial charge < -0.3 is 15.5 Å². The molecule has 24 heavy (non-hydrogen) atoms. The molecule has 3 aliphatic rings. The Morgan fingerprint density at radius 2 is 2.04 bits per heavy atom. The van der Waals surface area contributed by atoms with Gasteiger partial charge in [-0.2, -0.15) is 0 Å². The Kier molecular flexibility index (Phi) is 3.84. The third-order valence-electron chi connectivity index (χ3n) is 5.63. The quantitative estimate of drug-likeness (QED) is 0.880. The minimum absolute atomic E-state index is 0.0499. The van der Waals surface area contributed by atoms with Crippen molar-refractivity contribution in [3.05, 3.63) is 35.9 Å². The van der Waals surface area contributed by atoms with Gasteiger partial charge in [-0.15, -0.1) is 11.8 Å². The Balaban J connectivity index is 1.51. The van der Waals surface area contributed by atoms with Gasteiger partial charge in [0.05, 0.1) is 4.87 Å². The van der Waals surface area contributed by atoms with Crippen molar-refractivity contribution in [2.45, 2.75) is 42.6 Å². The van der Waals surface area contributed by atoms with Crippen molar-refractivity contribution < 1.29 is 9.59 Å². The second-order valence-corrected chi connectivity index (χ2v) is 8.69. The fraction of sp³-hybridized carbons (Fsp3) is 0.556. The fourth-order valence-electron chi connectivity index (χ4n) is 4.28. The molecule has 6 heteroatoms. The van der Waals surface area contributed by atoms with Gasteiger partial charge >= 0.3 is 0 Å². The molecule has 0 aromatic heterocycles. The van der Waals surface area contributed by atoms with Crippen molar-refractivity contribution in [3.63, 3.8) is 0 Å². The van der Waals surface area contributed by atoms with E-state index in [1.54, 1.807) is 11.8 Å². The first-order chi connectivity index (χ1) is 11.5. The summed E-state index contributed by atoms with van der Waals surface area (Å²) in [5.41, 5.74) is 7.50. The maximum absolute atomic E-state index is 13.1.